The van der Waals surface area contributed by atoms with E-state index in [9.17, 15) is 4.79 Å². The number of likely N-dealkylation sites (tertiary alicyclic amines) is 1. The van der Waals surface area contributed by atoms with Gasteiger partial charge in [-0.2, -0.15) is 0 Å². The number of aryl methyl sites for hydroxylation is 1. The number of hydrogen-bond donors (Lipinski definition) is 3. The molecular formula is C27H32N6O2. The van der Waals surface area contributed by atoms with Crippen LogP contribution in [0.1, 0.15) is 30.3 Å². The SMILES string of the molecule is COCCNc1nc(C2CCCN(CC(=O)Nc3ccc4nc(C)[nH]c4c3)C2)cc2ccccc12. The van der Waals surface area contributed by atoms with Crippen LogP contribution in [-0.2, 0) is 9.53 Å². The molecule has 1 aliphatic heterocycles. The molecule has 4 aromatic rings. The van der Waals surface area contributed by atoms with E-state index in [1.54, 1.807) is 7.11 Å². The minimum Gasteiger partial charge on any atom is -0.383 e. The highest BCUT2D eigenvalue weighted by molar-refractivity contribution is 5.94. The quantitative estimate of drug-likeness (QED) is 0.331. The molecule has 182 valence electrons. The zero-order valence-electron chi connectivity index (χ0n) is 20.3. The van der Waals surface area contributed by atoms with Gasteiger partial charge in [-0.1, -0.05) is 24.3 Å². The van der Waals surface area contributed by atoms with Crippen LogP contribution in [-0.4, -0.2) is 65.7 Å². The van der Waals surface area contributed by atoms with Gasteiger partial charge in [0.1, 0.15) is 11.6 Å². The fourth-order valence-corrected chi connectivity index (χ4v) is 4.89. The van der Waals surface area contributed by atoms with Gasteiger partial charge in [0.15, 0.2) is 0 Å². The second-order valence-electron chi connectivity index (χ2n) is 9.21. The number of imidazole rings is 1. The van der Waals surface area contributed by atoms with Gasteiger partial charge in [0.05, 0.1) is 24.2 Å². The summed E-state index contributed by atoms with van der Waals surface area (Å²) in [5, 5.41) is 8.77. The summed E-state index contributed by atoms with van der Waals surface area (Å²) in [5.41, 5.74) is 3.69. The topological polar surface area (TPSA) is 95.2 Å². The average Bonchev–Trinajstić information content (AvgIpc) is 3.23. The number of carbonyl (C=O) groups excluding carboxylic acids is 1. The van der Waals surface area contributed by atoms with Crippen LogP contribution in [0.3, 0.4) is 0 Å². The first kappa shape index (κ1) is 23.3. The molecule has 0 aliphatic carbocycles. The number of carbonyl (C=O) groups is 1. The van der Waals surface area contributed by atoms with Crippen LogP contribution in [0.2, 0.25) is 0 Å². The lowest BCUT2D eigenvalue weighted by Crippen LogP contribution is -2.40. The molecule has 1 amide bonds. The molecule has 0 spiro atoms. The van der Waals surface area contributed by atoms with Gasteiger partial charge in [0.2, 0.25) is 5.91 Å². The van der Waals surface area contributed by atoms with E-state index < -0.39 is 0 Å². The molecular weight excluding hydrogens is 440 g/mol. The number of aromatic amines is 1. The Morgan fingerprint density at radius 1 is 1.20 bits per heavy atom. The van der Waals surface area contributed by atoms with Crippen molar-refractivity contribution >= 4 is 39.2 Å². The molecule has 1 aliphatic rings. The number of H-pyrrole nitrogens is 1. The molecule has 5 rings (SSSR count). The minimum atomic E-state index is -0.00497. The normalized spacial score (nSPS) is 16.6. The summed E-state index contributed by atoms with van der Waals surface area (Å²) in [4.78, 5) is 27.7. The molecule has 8 heteroatoms. The number of methoxy groups -OCH3 is 1. The molecule has 0 radical (unpaired) electrons. The summed E-state index contributed by atoms with van der Waals surface area (Å²) in [6.45, 7) is 5.35. The maximum atomic E-state index is 12.8. The number of amides is 1. The van der Waals surface area contributed by atoms with Gasteiger partial charge in [-0.15, -0.1) is 0 Å². The summed E-state index contributed by atoms with van der Waals surface area (Å²) in [6.07, 6.45) is 2.11. The number of ether oxygens (including phenoxy) is 1. The summed E-state index contributed by atoms with van der Waals surface area (Å²) in [7, 11) is 1.70. The fraction of sp³-hybridized carbons (Fsp3) is 0.370. The van der Waals surface area contributed by atoms with Gasteiger partial charge in [-0.3, -0.25) is 9.69 Å². The Hall–Kier alpha value is -3.49. The highest BCUT2D eigenvalue weighted by atomic mass is 16.5. The number of fused-ring (bicyclic) bond motifs is 2. The van der Waals surface area contributed by atoms with E-state index >= 15 is 0 Å². The van der Waals surface area contributed by atoms with Gasteiger partial charge in [0.25, 0.3) is 0 Å². The van der Waals surface area contributed by atoms with E-state index in [4.69, 9.17) is 9.72 Å². The van der Waals surface area contributed by atoms with E-state index in [0.29, 0.717) is 19.7 Å². The van der Waals surface area contributed by atoms with Crippen molar-refractivity contribution < 1.29 is 9.53 Å². The van der Waals surface area contributed by atoms with E-state index in [1.807, 2.05) is 31.2 Å². The van der Waals surface area contributed by atoms with Crippen LogP contribution in [0.5, 0.6) is 0 Å². The summed E-state index contributed by atoms with van der Waals surface area (Å²) < 4.78 is 5.20. The van der Waals surface area contributed by atoms with Crippen LogP contribution >= 0.6 is 0 Å². The summed E-state index contributed by atoms with van der Waals surface area (Å²) >= 11 is 0. The van der Waals surface area contributed by atoms with E-state index in [2.05, 4.69) is 49.8 Å². The smallest absolute Gasteiger partial charge is 0.238 e. The number of anilines is 2. The molecule has 1 atom stereocenters. The lowest BCUT2D eigenvalue weighted by atomic mass is 9.93. The van der Waals surface area contributed by atoms with Crippen molar-refractivity contribution in [2.75, 3.05) is 50.5 Å². The molecule has 2 aromatic carbocycles. The molecule has 0 bridgehead atoms. The van der Waals surface area contributed by atoms with Crippen LogP contribution in [0.15, 0.2) is 48.5 Å². The van der Waals surface area contributed by atoms with Crippen molar-refractivity contribution in [1.82, 2.24) is 19.9 Å². The zero-order chi connectivity index (χ0) is 24.2. The van der Waals surface area contributed by atoms with Crippen LogP contribution in [0.25, 0.3) is 21.8 Å². The molecule has 0 saturated carbocycles. The van der Waals surface area contributed by atoms with E-state index in [1.165, 1.54) is 5.39 Å². The lowest BCUT2D eigenvalue weighted by Gasteiger charge is -2.32. The molecule has 1 saturated heterocycles. The first-order chi connectivity index (χ1) is 17.1. The summed E-state index contributed by atoms with van der Waals surface area (Å²) in [5.74, 6) is 2.04. The molecule has 1 unspecified atom stereocenters. The highest BCUT2D eigenvalue weighted by Gasteiger charge is 2.25. The fourth-order valence-electron chi connectivity index (χ4n) is 4.89. The third-order valence-corrected chi connectivity index (χ3v) is 6.53. The number of nitrogens with one attached hydrogen (secondary N) is 3. The number of hydrogen-bond acceptors (Lipinski definition) is 6. The number of benzene rings is 2. The first-order valence-electron chi connectivity index (χ1n) is 12.2. The Morgan fingerprint density at radius 3 is 2.97 bits per heavy atom. The largest absolute Gasteiger partial charge is 0.383 e. The second-order valence-corrected chi connectivity index (χ2v) is 9.21. The van der Waals surface area contributed by atoms with Crippen LogP contribution in [0.4, 0.5) is 11.5 Å². The van der Waals surface area contributed by atoms with Crippen molar-refractivity contribution in [2.45, 2.75) is 25.7 Å². The predicted molar refractivity (Wildman–Crippen MR) is 140 cm³/mol. The Morgan fingerprint density at radius 2 is 2.09 bits per heavy atom. The third kappa shape index (κ3) is 5.44. The van der Waals surface area contributed by atoms with Gasteiger partial charge in [0, 0.05) is 42.9 Å². The minimum absolute atomic E-state index is 0.00497. The Bertz CT molecular complexity index is 1330. The molecule has 3 N–H and O–H groups in total. The van der Waals surface area contributed by atoms with Gasteiger partial charge < -0.3 is 20.4 Å². The maximum absolute atomic E-state index is 12.8. The lowest BCUT2D eigenvalue weighted by molar-refractivity contribution is -0.117. The maximum Gasteiger partial charge on any atom is 0.238 e. The first-order valence-corrected chi connectivity index (χ1v) is 12.2. The molecule has 3 heterocycles. The van der Waals surface area contributed by atoms with Crippen molar-refractivity contribution in [3.63, 3.8) is 0 Å². The number of piperidine rings is 1. The van der Waals surface area contributed by atoms with Crippen molar-refractivity contribution in [3.05, 3.63) is 60.0 Å². The highest BCUT2D eigenvalue weighted by Crippen LogP contribution is 2.31. The zero-order valence-corrected chi connectivity index (χ0v) is 20.3. The standard InChI is InChI=1S/C27H32N6O2/c1-18-29-23-10-9-21(15-25(23)30-18)31-26(34)17-33-12-5-7-20(16-33)24-14-19-6-3-4-8-22(19)27(32-24)28-11-13-35-2/h3-4,6,8-10,14-15,20H,5,7,11-13,16-17H2,1-2H3,(H,28,32)(H,29,30)(H,31,34). The van der Waals surface area contributed by atoms with Crippen molar-refractivity contribution in [2.24, 2.45) is 0 Å². The third-order valence-electron chi connectivity index (χ3n) is 6.53. The number of aromatic nitrogens is 3. The second kappa shape index (κ2) is 10.4. The van der Waals surface area contributed by atoms with Gasteiger partial charge >= 0.3 is 0 Å². The van der Waals surface area contributed by atoms with Gasteiger partial charge in [-0.25, -0.2) is 9.97 Å². The molecule has 35 heavy (non-hydrogen) atoms. The van der Waals surface area contributed by atoms with E-state index in [0.717, 1.165) is 65.4 Å². The monoisotopic (exact) mass is 472 g/mol. The molecule has 2 aromatic heterocycles. The van der Waals surface area contributed by atoms with Crippen LogP contribution in [0, 0.1) is 6.92 Å². The average molecular weight is 473 g/mol. The van der Waals surface area contributed by atoms with Crippen molar-refractivity contribution in [1.29, 1.82) is 0 Å². The Balaban J connectivity index is 1.27. The number of rotatable bonds is 8. The van der Waals surface area contributed by atoms with Crippen LogP contribution < -0.4 is 10.6 Å². The molecule has 1 fully saturated rings. The summed E-state index contributed by atoms with van der Waals surface area (Å²) in [6, 6.07) is 16.3. The van der Waals surface area contributed by atoms with Gasteiger partial charge in [-0.05, 0) is 56.0 Å². The number of pyridine rings is 1. The van der Waals surface area contributed by atoms with E-state index in [-0.39, 0.29) is 11.8 Å². The Labute approximate surface area is 205 Å². The van der Waals surface area contributed by atoms with Crippen molar-refractivity contribution in [3.8, 4) is 0 Å². The Kier molecular flexibility index (Phi) is 6.92. The molecule has 8 nitrogen and oxygen atoms in total. The predicted octanol–water partition coefficient (Wildman–Crippen LogP) is 4.30. The number of nitrogens with zero attached hydrogens (tertiary/aromatic N) is 3.